The summed E-state index contributed by atoms with van der Waals surface area (Å²) in [5, 5.41) is 3.14. The number of oxazole rings is 1. The largest absolute Gasteiger partial charge is 0.459 e. The van der Waals surface area contributed by atoms with E-state index in [1.54, 1.807) is 30.3 Å². The second-order valence-corrected chi connectivity index (χ2v) is 6.02. The summed E-state index contributed by atoms with van der Waals surface area (Å²) in [4.78, 5) is 16.7. The van der Waals surface area contributed by atoms with Gasteiger partial charge in [0.25, 0.3) is 5.91 Å². The van der Waals surface area contributed by atoms with Crippen molar-refractivity contribution in [2.75, 3.05) is 5.32 Å². The Labute approximate surface area is 148 Å². The van der Waals surface area contributed by atoms with E-state index in [-0.39, 0.29) is 11.7 Å². The molecule has 0 spiro atoms. The van der Waals surface area contributed by atoms with E-state index in [1.807, 2.05) is 25.1 Å². The molecule has 0 unspecified atom stereocenters. The molecule has 6 heteroatoms. The van der Waals surface area contributed by atoms with Crippen LogP contribution in [0.25, 0.3) is 22.6 Å². The Kier molecular flexibility index (Phi) is 3.78. The molecule has 4 rings (SSSR count). The molecule has 0 aliphatic rings. The van der Waals surface area contributed by atoms with Crippen LogP contribution in [0.15, 0.2) is 63.6 Å². The van der Waals surface area contributed by atoms with E-state index in [0.29, 0.717) is 27.7 Å². The summed E-state index contributed by atoms with van der Waals surface area (Å²) in [6.07, 6.45) is 1.44. The van der Waals surface area contributed by atoms with Crippen LogP contribution in [-0.4, -0.2) is 10.9 Å². The Morgan fingerprint density at radius 3 is 2.84 bits per heavy atom. The van der Waals surface area contributed by atoms with Crippen LogP contribution in [0.3, 0.4) is 0 Å². The maximum absolute atomic E-state index is 12.2. The molecule has 2 aromatic carbocycles. The van der Waals surface area contributed by atoms with Crippen LogP contribution < -0.4 is 5.32 Å². The Hall–Kier alpha value is -3.05. The standard InChI is InChI=1S/C19H13ClN2O3/c1-11-4-7-16-15(9-11)22-19(25-16)12-5-6-13(20)14(10-12)21-18(23)17-3-2-8-24-17/h2-10H,1H3,(H,21,23). The molecule has 2 aromatic heterocycles. The fourth-order valence-electron chi connectivity index (χ4n) is 2.51. The van der Waals surface area contributed by atoms with Crippen molar-refractivity contribution in [1.29, 1.82) is 0 Å². The molecule has 0 saturated heterocycles. The second-order valence-electron chi connectivity index (χ2n) is 5.62. The van der Waals surface area contributed by atoms with Gasteiger partial charge in [0, 0.05) is 5.56 Å². The third-order valence-electron chi connectivity index (χ3n) is 3.75. The molecule has 5 nitrogen and oxygen atoms in total. The number of hydrogen-bond donors (Lipinski definition) is 1. The van der Waals surface area contributed by atoms with Crippen LogP contribution in [0.4, 0.5) is 5.69 Å². The van der Waals surface area contributed by atoms with E-state index >= 15 is 0 Å². The van der Waals surface area contributed by atoms with Gasteiger partial charge in [0.1, 0.15) is 5.52 Å². The van der Waals surface area contributed by atoms with Crippen molar-refractivity contribution in [2.45, 2.75) is 6.92 Å². The zero-order chi connectivity index (χ0) is 17.4. The molecule has 0 saturated carbocycles. The SMILES string of the molecule is Cc1ccc2oc(-c3ccc(Cl)c(NC(=O)c4ccco4)c3)nc2c1. The predicted molar refractivity (Wildman–Crippen MR) is 95.9 cm³/mol. The van der Waals surface area contributed by atoms with Gasteiger partial charge in [-0.2, -0.15) is 0 Å². The predicted octanol–water partition coefficient (Wildman–Crippen LogP) is 5.30. The number of amides is 1. The maximum Gasteiger partial charge on any atom is 0.291 e. The molecule has 2 heterocycles. The fourth-order valence-corrected chi connectivity index (χ4v) is 2.67. The fraction of sp³-hybridized carbons (Fsp3) is 0.0526. The number of carbonyl (C=O) groups excluding carboxylic acids is 1. The van der Waals surface area contributed by atoms with Crippen LogP contribution in [0.5, 0.6) is 0 Å². The molecule has 0 fully saturated rings. The van der Waals surface area contributed by atoms with Gasteiger partial charge in [-0.25, -0.2) is 4.98 Å². The highest BCUT2D eigenvalue weighted by Crippen LogP contribution is 2.31. The van der Waals surface area contributed by atoms with Gasteiger partial charge in [0.2, 0.25) is 5.89 Å². The number of benzene rings is 2. The Morgan fingerprint density at radius 2 is 2.04 bits per heavy atom. The number of carbonyl (C=O) groups is 1. The third-order valence-corrected chi connectivity index (χ3v) is 4.08. The zero-order valence-corrected chi connectivity index (χ0v) is 14.0. The summed E-state index contributed by atoms with van der Waals surface area (Å²) in [5.41, 5.74) is 3.77. The van der Waals surface area contributed by atoms with Gasteiger partial charge < -0.3 is 14.2 Å². The lowest BCUT2D eigenvalue weighted by molar-refractivity contribution is 0.0996. The number of fused-ring (bicyclic) bond motifs is 1. The van der Waals surface area contributed by atoms with Gasteiger partial charge in [-0.1, -0.05) is 17.7 Å². The summed E-state index contributed by atoms with van der Waals surface area (Å²) in [6.45, 7) is 2.00. The molecule has 0 radical (unpaired) electrons. The monoisotopic (exact) mass is 352 g/mol. The van der Waals surface area contributed by atoms with Crippen molar-refractivity contribution in [3.8, 4) is 11.5 Å². The van der Waals surface area contributed by atoms with E-state index in [9.17, 15) is 4.79 Å². The van der Waals surface area contributed by atoms with Gasteiger partial charge in [-0.15, -0.1) is 0 Å². The molecule has 124 valence electrons. The van der Waals surface area contributed by atoms with Gasteiger partial charge in [-0.3, -0.25) is 4.79 Å². The van der Waals surface area contributed by atoms with Gasteiger partial charge >= 0.3 is 0 Å². The number of nitrogens with one attached hydrogen (secondary N) is 1. The molecule has 25 heavy (non-hydrogen) atoms. The number of aromatic nitrogens is 1. The average molecular weight is 353 g/mol. The summed E-state index contributed by atoms with van der Waals surface area (Å²) < 4.78 is 10.9. The van der Waals surface area contributed by atoms with Crippen LogP contribution in [-0.2, 0) is 0 Å². The minimum atomic E-state index is -0.378. The molecular weight excluding hydrogens is 340 g/mol. The van der Waals surface area contributed by atoms with Gasteiger partial charge in [0.05, 0.1) is 17.0 Å². The lowest BCUT2D eigenvalue weighted by Crippen LogP contribution is -2.11. The van der Waals surface area contributed by atoms with Crippen LogP contribution in [0.2, 0.25) is 5.02 Å². The average Bonchev–Trinajstić information content (AvgIpc) is 3.25. The van der Waals surface area contributed by atoms with Crippen LogP contribution in [0.1, 0.15) is 16.1 Å². The number of aryl methyl sites for hydroxylation is 1. The summed E-state index contributed by atoms with van der Waals surface area (Å²) in [6, 6.07) is 14.2. The van der Waals surface area contributed by atoms with Gasteiger partial charge in [0.15, 0.2) is 11.3 Å². The van der Waals surface area contributed by atoms with Crippen molar-refractivity contribution >= 4 is 34.3 Å². The molecule has 1 amide bonds. The highest BCUT2D eigenvalue weighted by atomic mass is 35.5. The first kappa shape index (κ1) is 15.5. The lowest BCUT2D eigenvalue weighted by atomic mass is 10.2. The quantitative estimate of drug-likeness (QED) is 0.543. The topological polar surface area (TPSA) is 68.3 Å². The number of furan rings is 1. The summed E-state index contributed by atoms with van der Waals surface area (Å²) >= 11 is 6.19. The molecule has 1 N–H and O–H groups in total. The van der Waals surface area contributed by atoms with Crippen molar-refractivity contribution in [1.82, 2.24) is 4.98 Å². The lowest BCUT2D eigenvalue weighted by Gasteiger charge is -2.07. The highest BCUT2D eigenvalue weighted by molar-refractivity contribution is 6.34. The number of anilines is 1. The molecule has 0 atom stereocenters. The zero-order valence-electron chi connectivity index (χ0n) is 13.2. The summed E-state index contributed by atoms with van der Waals surface area (Å²) in [7, 11) is 0. The van der Waals surface area contributed by atoms with Crippen molar-refractivity contribution < 1.29 is 13.6 Å². The van der Waals surface area contributed by atoms with Crippen molar-refractivity contribution in [2.24, 2.45) is 0 Å². The number of hydrogen-bond acceptors (Lipinski definition) is 4. The molecular formula is C19H13ClN2O3. The minimum Gasteiger partial charge on any atom is -0.459 e. The van der Waals surface area contributed by atoms with E-state index in [2.05, 4.69) is 10.3 Å². The van der Waals surface area contributed by atoms with Gasteiger partial charge in [-0.05, 0) is 55.0 Å². The number of nitrogens with zero attached hydrogens (tertiary/aromatic N) is 1. The number of halogens is 1. The first-order valence-corrected chi connectivity index (χ1v) is 8.00. The molecule has 0 aliphatic carbocycles. The van der Waals surface area contributed by atoms with Crippen molar-refractivity contribution in [3.05, 3.63) is 71.1 Å². The van der Waals surface area contributed by atoms with Crippen LogP contribution >= 0.6 is 11.6 Å². The minimum absolute atomic E-state index is 0.207. The van der Waals surface area contributed by atoms with E-state index in [1.165, 1.54) is 6.26 Å². The highest BCUT2D eigenvalue weighted by Gasteiger charge is 2.14. The second kappa shape index (κ2) is 6.11. The molecule has 0 bridgehead atoms. The molecule has 0 aliphatic heterocycles. The Bertz CT molecular complexity index is 1070. The normalized spacial score (nSPS) is 11.0. The first-order valence-electron chi connectivity index (χ1n) is 7.62. The molecule has 4 aromatic rings. The summed E-state index contributed by atoms with van der Waals surface area (Å²) in [5.74, 6) is 0.293. The first-order chi connectivity index (χ1) is 12.1. The number of rotatable bonds is 3. The Morgan fingerprint density at radius 1 is 1.16 bits per heavy atom. The smallest absolute Gasteiger partial charge is 0.291 e. The van der Waals surface area contributed by atoms with E-state index in [4.69, 9.17) is 20.4 Å². The van der Waals surface area contributed by atoms with E-state index in [0.717, 1.165) is 11.1 Å². The Balaban J connectivity index is 1.69. The third kappa shape index (κ3) is 3.02. The maximum atomic E-state index is 12.2. The van der Waals surface area contributed by atoms with E-state index < -0.39 is 0 Å². The van der Waals surface area contributed by atoms with Crippen LogP contribution in [0, 0.1) is 6.92 Å². The van der Waals surface area contributed by atoms with Crippen molar-refractivity contribution in [3.63, 3.8) is 0 Å².